The van der Waals surface area contributed by atoms with Crippen molar-refractivity contribution in [2.75, 3.05) is 5.32 Å². The summed E-state index contributed by atoms with van der Waals surface area (Å²) < 4.78 is 31.2. The Bertz CT molecular complexity index is 901. The van der Waals surface area contributed by atoms with Gasteiger partial charge in [0, 0.05) is 11.6 Å². The first-order chi connectivity index (χ1) is 11.5. The van der Waals surface area contributed by atoms with Gasteiger partial charge in [-0.15, -0.1) is 11.3 Å². The molecule has 0 fully saturated rings. The van der Waals surface area contributed by atoms with Crippen LogP contribution in [0.1, 0.15) is 20.7 Å². The number of anilines is 1. The summed E-state index contributed by atoms with van der Waals surface area (Å²) in [5.41, 5.74) is -0.612. The van der Waals surface area contributed by atoms with Gasteiger partial charge in [-0.05, 0) is 23.6 Å². The highest BCUT2D eigenvalue weighted by Crippen LogP contribution is 2.32. The highest BCUT2D eigenvalue weighted by molar-refractivity contribution is 7.13. The van der Waals surface area contributed by atoms with E-state index in [9.17, 15) is 23.5 Å². The van der Waals surface area contributed by atoms with Crippen molar-refractivity contribution in [2.45, 2.75) is 0 Å². The molecule has 2 heterocycles. The molecule has 0 radical (unpaired) electrons. The second-order valence-corrected chi connectivity index (χ2v) is 5.58. The van der Waals surface area contributed by atoms with Crippen molar-refractivity contribution in [3.8, 4) is 10.6 Å². The van der Waals surface area contributed by atoms with Crippen molar-refractivity contribution in [3.05, 3.63) is 58.5 Å². The summed E-state index contributed by atoms with van der Waals surface area (Å²) >= 11 is 1.24. The number of carbonyl (C=O) groups is 2. The summed E-state index contributed by atoms with van der Waals surface area (Å²) in [4.78, 5) is 24.1. The predicted octanol–water partition coefficient (Wildman–Crippen LogP) is 3.63. The Balaban J connectivity index is 1.95. The van der Waals surface area contributed by atoms with E-state index in [-0.39, 0.29) is 16.8 Å². The molecule has 0 spiro atoms. The van der Waals surface area contributed by atoms with Crippen molar-refractivity contribution in [1.29, 1.82) is 0 Å². The fourth-order valence-corrected chi connectivity index (χ4v) is 2.73. The highest BCUT2D eigenvalue weighted by Gasteiger charge is 2.26. The van der Waals surface area contributed by atoms with Crippen LogP contribution in [0.15, 0.2) is 40.2 Å². The Labute approximate surface area is 137 Å². The van der Waals surface area contributed by atoms with Gasteiger partial charge in [-0.25, -0.2) is 13.6 Å². The molecule has 1 aromatic carbocycles. The van der Waals surface area contributed by atoms with E-state index in [1.807, 2.05) is 0 Å². The summed E-state index contributed by atoms with van der Waals surface area (Å²) in [6.45, 7) is 0. The number of aromatic nitrogens is 1. The Morgan fingerprint density at radius 2 is 1.92 bits per heavy atom. The largest absolute Gasteiger partial charge is 0.477 e. The number of aromatic carboxylic acids is 1. The number of carboxylic acid groups (broad SMARTS) is 1. The van der Waals surface area contributed by atoms with Crippen LogP contribution in [-0.2, 0) is 0 Å². The predicted molar refractivity (Wildman–Crippen MR) is 81.1 cm³/mol. The molecule has 0 saturated heterocycles. The first kappa shape index (κ1) is 15.8. The van der Waals surface area contributed by atoms with Crippen LogP contribution in [0.3, 0.4) is 0 Å². The first-order valence-electron chi connectivity index (χ1n) is 6.50. The molecule has 0 atom stereocenters. The number of nitrogens with zero attached hydrogens (tertiary/aromatic N) is 1. The SMILES string of the molecule is O=C(Nc1onc(-c2cccs2)c1C(=O)O)c1cc(F)cc(F)c1. The third-order valence-electron chi connectivity index (χ3n) is 3.01. The van der Waals surface area contributed by atoms with Gasteiger partial charge in [0.1, 0.15) is 17.3 Å². The van der Waals surface area contributed by atoms with Crippen molar-refractivity contribution < 1.29 is 28.0 Å². The first-order valence-corrected chi connectivity index (χ1v) is 7.38. The molecule has 6 nitrogen and oxygen atoms in total. The van der Waals surface area contributed by atoms with Gasteiger partial charge < -0.3 is 9.63 Å². The standard InChI is InChI=1S/C15H8F2N2O4S/c16-8-4-7(5-9(17)6-8)13(20)18-14-11(15(21)22)12(19-23-14)10-2-1-3-24-10/h1-6H,(H,18,20)(H,21,22). The molecule has 0 unspecified atom stereocenters. The van der Waals surface area contributed by atoms with E-state index >= 15 is 0 Å². The maximum Gasteiger partial charge on any atom is 0.343 e. The number of halogens is 2. The van der Waals surface area contributed by atoms with Gasteiger partial charge >= 0.3 is 5.97 Å². The van der Waals surface area contributed by atoms with Crippen LogP contribution in [-0.4, -0.2) is 22.1 Å². The summed E-state index contributed by atoms with van der Waals surface area (Å²) in [5, 5.41) is 16.9. The van der Waals surface area contributed by atoms with Gasteiger partial charge in [-0.1, -0.05) is 11.2 Å². The fraction of sp³-hybridized carbons (Fsp3) is 0. The third-order valence-corrected chi connectivity index (χ3v) is 3.89. The lowest BCUT2D eigenvalue weighted by Gasteiger charge is -2.03. The molecule has 2 N–H and O–H groups in total. The molecule has 3 rings (SSSR count). The second kappa shape index (κ2) is 6.20. The quantitative estimate of drug-likeness (QED) is 0.749. The zero-order valence-corrected chi connectivity index (χ0v) is 12.6. The number of carbonyl (C=O) groups excluding carboxylic acids is 1. The highest BCUT2D eigenvalue weighted by atomic mass is 32.1. The molecule has 0 aliphatic heterocycles. The Morgan fingerprint density at radius 1 is 1.21 bits per heavy atom. The molecule has 0 saturated carbocycles. The summed E-state index contributed by atoms with van der Waals surface area (Å²) in [7, 11) is 0. The third kappa shape index (κ3) is 3.01. The number of benzene rings is 1. The van der Waals surface area contributed by atoms with Gasteiger partial charge in [0.25, 0.3) is 5.91 Å². The summed E-state index contributed by atoms with van der Waals surface area (Å²) in [6.07, 6.45) is 0. The minimum absolute atomic E-state index is 0.0539. The maximum absolute atomic E-state index is 13.2. The molecule has 9 heteroatoms. The van der Waals surface area contributed by atoms with Crippen LogP contribution in [0.2, 0.25) is 0 Å². The van der Waals surface area contributed by atoms with Gasteiger partial charge in [0.15, 0.2) is 5.56 Å². The summed E-state index contributed by atoms with van der Waals surface area (Å²) in [5.74, 6) is -4.57. The van der Waals surface area contributed by atoms with Crippen LogP contribution >= 0.6 is 11.3 Å². The van der Waals surface area contributed by atoms with Crippen LogP contribution in [0.25, 0.3) is 10.6 Å². The van der Waals surface area contributed by atoms with Crippen LogP contribution in [0, 0.1) is 11.6 Å². The number of hydrogen-bond acceptors (Lipinski definition) is 5. The zero-order valence-electron chi connectivity index (χ0n) is 11.7. The number of nitrogens with one attached hydrogen (secondary N) is 1. The van der Waals surface area contributed by atoms with E-state index in [0.717, 1.165) is 12.1 Å². The lowest BCUT2D eigenvalue weighted by molar-refractivity contribution is 0.0698. The van der Waals surface area contributed by atoms with Crippen molar-refractivity contribution >= 4 is 29.1 Å². The van der Waals surface area contributed by atoms with E-state index in [4.69, 9.17) is 4.52 Å². The number of amides is 1. The Morgan fingerprint density at radius 3 is 2.50 bits per heavy atom. The van der Waals surface area contributed by atoms with E-state index < -0.39 is 29.4 Å². The summed E-state index contributed by atoms with van der Waals surface area (Å²) in [6, 6.07) is 5.59. The molecule has 1 amide bonds. The van der Waals surface area contributed by atoms with Crippen LogP contribution < -0.4 is 5.32 Å². The van der Waals surface area contributed by atoms with E-state index in [1.165, 1.54) is 11.3 Å². The Hall–Kier alpha value is -3.07. The number of thiophene rings is 1. The normalized spacial score (nSPS) is 10.6. The lowest BCUT2D eigenvalue weighted by atomic mass is 10.2. The molecule has 24 heavy (non-hydrogen) atoms. The maximum atomic E-state index is 13.2. The smallest absolute Gasteiger partial charge is 0.343 e. The van der Waals surface area contributed by atoms with Gasteiger partial charge in [-0.2, -0.15) is 0 Å². The molecular weight excluding hydrogens is 342 g/mol. The molecule has 3 aromatic rings. The van der Waals surface area contributed by atoms with Crippen LogP contribution in [0.4, 0.5) is 14.7 Å². The fourth-order valence-electron chi connectivity index (χ4n) is 2.02. The number of carboxylic acids is 1. The average molecular weight is 350 g/mol. The number of rotatable bonds is 4. The van der Waals surface area contributed by atoms with Gasteiger partial charge in [0.2, 0.25) is 5.88 Å². The molecule has 2 aromatic heterocycles. The van der Waals surface area contributed by atoms with Crippen molar-refractivity contribution in [3.63, 3.8) is 0 Å². The molecule has 122 valence electrons. The minimum atomic E-state index is -1.36. The van der Waals surface area contributed by atoms with Crippen molar-refractivity contribution in [2.24, 2.45) is 0 Å². The van der Waals surface area contributed by atoms with E-state index in [0.29, 0.717) is 10.9 Å². The average Bonchev–Trinajstić information content (AvgIpc) is 3.14. The van der Waals surface area contributed by atoms with Gasteiger partial charge in [0.05, 0.1) is 4.88 Å². The van der Waals surface area contributed by atoms with Crippen LogP contribution in [0.5, 0.6) is 0 Å². The number of hydrogen-bond donors (Lipinski definition) is 2. The molecule has 0 aliphatic carbocycles. The minimum Gasteiger partial charge on any atom is -0.477 e. The molecular formula is C15H8F2N2O4S. The lowest BCUT2D eigenvalue weighted by Crippen LogP contribution is -2.14. The topological polar surface area (TPSA) is 92.4 Å². The van der Waals surface area contributed by atoms with E-state index in [2.05, 4.69) is 10.5 Å². The second-order valence-electron chi connectivity index (χ2n) is 4.63. The molecule has 0 aliphatic rings. The molecule has 0 bridgehead atoms. The van der Waals surface area contributed by atoms with Gasteiger partial charge in [-0.3, -0.25) is 10.1 Å². The Kier molecular flexibility index (Phi) is 4.09. The monoisotopic (exact) mass is 350 g/mol. The van der Waals surface area contributed by atoms with E-state index in [1.54, 1.807) is 17.5 Å². The van der Waals surface area contributed by atoms with Crippen molar-refractivity contribution in [1.82, 2.24) is 5.16 Å². The zero-order chi connectivity index (χ0) is 17.3.